The van der Waals surface area contributed by atoms with Crippen LogP contribution in [0.2, 0.25) is 0 Å². The Morgan fingerprint density at radius 1 is 1.13 bits per heavy atom. The summed E-state index contributed by atoms with van der Waals surface area (Å²) >= 11 is 0. The molecule has 3 fully saturated rings. The van der Waals surface area contributed by atoms with Crippen LogP contribution >= 0.6 is 0 Å². The number of hydrogen-bond donors (Lipinski definition) is 1. The molecule has 2 bridgehead atoms. The number of hydrogen-bond acceptors (Lipinski definition) is 3. The van der Waals surface area contributed by atoms with Gasteiger partial charge in [-0.25, -0.2) is 8.78 Å². The van der Waals surface area contributed by atoms with E-state index in [1.807, 2.05) is 24.3 Å². The number of fused-ring (bicyclic) bond motifs is 4. The third-order valence-electron chi connectivity index (χ3n) is 7.44. The topological polar surface area (TPSA) is 42.4 Å². The lowest BCUT2D eigenvalue weighted by atomic mass is 9.76. The van der Waals surface area contributed by atoms with Gasteiger partial charge in [0, 0.05) is 18.0 Å². The lowest BCUT2D eigenvalue weighted by Gasteiger charge is -2.55. The van der Waals surface area contributed by atoms with Crippen LogP contribution in [-0.4, -0.2) is 40.8 Å². The van der Waals surface area contributed by atoms with Gasteiger partial charge in [-0.2, -0.15) is 0 Å². The Bertz CT molecular complexity index is 1090. The number of quaternary nitrogens is 1. The maximum atomic E-state index is 14.5. The zero-order chi connectivity index (χ0) is 21.6. The van der Waals surface area contributed by atoms with Gasteiger partial charge in [0.05, 0.1) is 31.3 Å². The van der Waals surface area contributed by atoms with Crippen LogP contribution in [0, 0.1) is 17.6 Å². The van der Waals surface area contributed by atoms with Gasteiger partial charge in [0.25, 0.3) is 0 Å². The molecule has 0 saturated carbocycles. The van der Waals surface area contributed by atoms with Gasteiger partial charge >= 0.3 is 0 Å². The number of pyridine rings is 1. The molecule has 2 atom stereocenters. The van der Waals surface area contributed by atoms with Crippen molar-refractivity contribution in [2.45, 2.75) is 38.0 Å². The summed E-state index contributed by atoms with van der Waals surface area (Å²) in [7, 11) is 1.61. The minimum absolute atomic E-state index is 0.122. The molecule has 4 nitrogen and oxygen atoms in total. The molecular weight excluding hydrogens is 398 g/mol. The van der Waals surface area contributed by atoms with E-state index in [1.54, 1.807) is 13.3 Å². The first-order valence-electron chi connectivity index (χ1n) is 10.9. The Balaban J connectivity index is 1.56. The molecule has 3 saturated heterocycles. The van der Waals surface area contributed by atoms with Crippen molar-refractivity contribution in [1.82, 2.24) is 4.98 Å². The molecule has 162 valence electrons. The summed E-state index contributed by atoms with van der Waals surface area (Å²) in [4.78, 5) is 4.43. The molecule has 3 aliphatic rings. The van der Waals surface area contributed by atoms with Crippen LogP contribution in [0.5, 0.6) is 5.75 Å². The largest absolute Gasteiger partial charge is 0.497 e. The van der Waals surface area contributed by atoms with Crippen molar-refractivity contribution in [3.63, 3.8) is 0 Å². The van der Waals surface area contributed by atoms with Gasteiger partial charge < -0.3 is 14.3 Å². The van der Waals surface area contributed by atoms with E-state index in [1.165, 1.54) is 18.2 Å². The van der Waals surface area contributed by atoms with E-state index in [0.29, 0.717) is 16.2 Å². The minimum atomic E-state index is -0.754. The summed E-state index contributed by atoms with van der Waals surface area (Å²) in [6.07, 6.45) is 3.87. The molecule has 2 aromatic carbocycles. The Labute approximate surface area is 180 Å². The maximum Gasteiger partial charge on any atom is 0.135 e. The number of piperidine rings is 3. The number of rotatable bonds is 5. The van der Waals surface area contributed by atoms with Gasteiger partial charge in [-0.1, -0.05) is 6.07 Å². The van der Waals surface area contributed by atoms with Crippen molar-refractivity contribution in [3.8, 4) is 5.75 Å². The summed E-state index contributed by atoms with van der Waals surface area (Å²) in [6.45, 7) is 1.91. The Morgan fingerprint density at radius 2 is 1.87 bits per heavy atom. The number of benzene rings is 2. The molecule has 6 heteroatoms. The highest BCUT2D eigenvalue weighted by Crippen LogP contribution is 2.45. The van der Waals surface area contributed by atoms with Crippen LogP contribution < -0.4 is 4.74 Å². The van der Waals surface area contributed by atoms with E-state index >= 15 is 0 Å². The van der Waals surface area contributed by atoms with E-state index in [-0.39, 0.29) is 18.2 Å². The molecule has 0 unspecified atom stereocenters. The lowest BCUT2D eigenvalue weighted by Crippen LogP contribution is -2.65. The first kappa shape index (κ1) is 20.3. The van der Waals surface area contributed by atoms with Crippen LogP contribution in [0.4, 0.5) is 8.78 Å². The first-order chi connectivity index (χ1) is 15.0. The van der Waals surface area contributed by atoms with Crippen LogP contribution in [0.25, 0.3) is 10.9 Å². The van der Waals surface area contributed by atoms with Crippen LogP contribution in [0.1, 0.15) is 36.5 Å². The first-order valence-corrected chi connectivity index (χ1v) is 10.9. The normalized spacial score (nSPS) is 26.2. The predicted molar refractivity (Wildman–Crippen MR) is 114 cm³/mol. The number of ether oxygens (including phenoxy) is 1. The molecule has 0 radical (unpaired) electrons. The zero-order valence-corrected chi connectivity index (χ0v) is 17.6. The molecule has 3 aromatic rings. The Hall–Kier alpha value is -2.57. The summed E-state index contributed by atoms with van der Waals surface area (Å²) in [5, 5.41) is 12.5. The number of aliphatic hydroxyl groups excluding tert-OH is 1. The third kappa shape index (κ3) is 3.48. The highest BCUT2D eigenvalue weighted by atomic mass is 19.1. The average molecular weight is 425 g/mol. The summed E-state index contributed by atoms with van der Waals surface area (Å²) in [5.74, 6) is 0.240. The molecule has 1 aromatic heterocycles. The van der Waals surface area contributed by atoms with Gasteiger partial charge in [-0.05, 0) is 60.7 Å². The molecule has 4 heterocycles. The molecule has 31 heavy (non-hydrogen) atoms. The monoisotopic (exact) mass is 425 g/mol. The van der Waals surface area contributed by atoms with Crippen LogP contribution in [-0.2, 0) is 6.54 Å². The summed E-state index contributed by atoms with van der Waals surface area (Å²) in [5.41, 5.74) is 1.72. The third-order valence-corrected chi connectivity index (χ3v) is 7.44. The zero-order valence-electron chi connectivity index (χ0n) is 17.6. The average Bonchev–Trinajstić information content (AvgIpc) is 2.81. The number of halogens is 2. The Morgan fingerprint density at radius 3 is 2.58 bits per heavy atom. The van der Waals surface area contributed by atoms with E-state index in [0.717, 1.165) is 48.8 Å². The highest BCUT2D eigenvalue weighted by molar-refractivity contribution is 5.83. The van der Waals surface area contributed by atoms with E-state index < -0.39 is 17.7 Å². The molecular formula is C25H27F2N2O2+. The number of aliphatic hydroxyl groups is 1. The number of methoxy groups -OCH3 is 1. The van der Waals surface area contributed by atoms with Crippen LogP contribution in [0.3, 0.4) is 0 Å². The van der Waals surface area contributed by atoms with E-state index in [9.17, 15) is 13.9 Å². The minimum Gasteiger partial charge on any atom is -0.497 e. The maximum absolute atomic E-state index is 14.5. The van der Waals surface area contributed by atoms with Crippen molar-refractivity contribution >= 4 is 10.9 Å². The molecule has 0 amide bonds. The van der Waals surface area contributed by atoms with Crippen molar-refractivity contribution < 1.29 is 23.1 Å². The van der Waals surface area contributed by atoms with Crippen molar-refractivity contribution in [1.29, 1.82) is 0 Å². The van der Waals surface area contributed by atoms with E-state index in [2.05, 4.69) is 4.98 Å². The smallest absolute Gasteiger partial charge is 0.135 e. The standard InChI is InChI=1S/C25H27F2N2O2/c1-31-17-5-6-23-19(14-17)18(7-10-28-23)25(30)24-13-16-8-11-29(24,12-9-16)15-20-21(26)3-2-4-22(20)27/h2-7,10,14,16,24-25,30H,8-9,11-13,15H2,1H3/q+1/t16?,24-,25+,29?/m0/s1. The van der Waals surface area contributed by atoms with Crippen molar-refractivity contribution in [3.05, 3.63) is 71.4 Å². The number of nitrogens with zero attached hydrogens (tertiary/aromatic N) is 2. The summed E-state index contributed by atoms with van der Waals surface area (Å²) in [6, 6.07) is 11.4. The molecule has 3 aliphatic heterocycles. The molecule has 0 spiro atoms. The highest BCUT2D eigenvalue weighted by Gasteiger charge is 2.51. The van der Waals surface area contributed by atoms with Gasteiger partial charge in [-0.15, -0.1) is 0 Å². The fraction of sp³-hybridized carbons (Fsp3) is 0.400. The second-order valence-electron chi connectivity index (χ2n) is 9.00. The lowest BCUT2D eigenvalue weighted by molar-refractivity contribution is -0.982. The Kier molecular flexibility index (Phi) is 5.15. The summed E-state index contributed by atoms with van der Waals surface area (Å²) < 4.78 is 35.0. The molecule has 6 rings (SSSR count). The number of aromatic nitrogens is 1. The van der Waals surface area contributed by atoms with Crippen molar-refractivity contribution in [2.75, 3.05) is 20.2 Å². The van der Waals surface area contributed by atoms with E-state index in [4.69, 9.17) is 4.74 Å². The molecule has 1 N–H and O–H groups in total. The quantitative estimate of drug-likeness (QED) is 0.600. The van der Waals surface area contributed by atoms with Gasteiger partial charge in [0.1, 0.15) is 36.1 Å². The van der Waals surface area contributed by atoms with Gasteiger partial charge in [-0.3, -0.25) is 4.98 Å². The van der Waals surface area contributed by atoms with Crippen LogP contribution in [0.15, 0.2) is 48.7 Å². The second-order valence-corrected chi connectivity index (χ2v) is 9.00. The SMILES string of the molecule is COc1ccc2nccc([C@@H](O)[C@@H]3CC4CC[N+]3(Cc3c(F)cccc3F)CC4)c2c1. The van der Waals surface area contributed by atoms with Crippen molar-refractivity contribution in [2.24, 2.45) is 5.92 Å². The fourth-order valence-electron chi connectivity index (χ4n) is 5.71. The molecule has 0 aliphatic carbocycles. The fourth-order valence-corrected chi connectivity index (χ4v) is 5.71. The predicted octanol–water partition coefficient (Wildman–Crippen LogP) is 4.75. The second kappa shape index (κ2) is 7.84. The van der Waals surface area contributed by atoms with Gasteiger partial charge in [0.15, 0.2) is 0 Å². The van der Waals surface area contributed by atoms with Gasteiger partial charge in [0.2, 0.25) is 0 Å².